The van der Waals surface area contributed by atoms with Gasteiger partial charge in [0, 0.05) is 0 Å². The van der Waals surface area contributed by atoms with Crippen LogP contribution in [0.4, 0.5) is 0 Å². The van der Waals surface area contributed by atoms with E-state index in [4.69, 9.17) is 0 Å². The molecule has 0 radical (unpaired) electrons. The number of benzene rings is 1. The molecule has 2 N–H and O–H groups in total. The predicted molar refractivity (Wildman–Crippen MR) is 74.0 cm³/mol. The van der Waals surface area contributed by atoms with Gasteiger partial charge in [0.2, 0.25) is 0 Å². The molecule has 0 aliphatic rings. The zero-order valence-electron chi connectivity index (χ0n) is 11.4. The van der Waals surface area contributed by atoms with E-state index in [-0.39, 0.29) is 5.92 Å². The van der Waals surface area contributed by atoms with Crippen LogP contribution in [-0.4, -0.2) is 29.4 Å². The van der Waals surface area contributed by atoms with Gasteiger partial charge in [-0.05, 0) is 24.3 Å². The molecular weight excluding hydrogens is 242 g/mol. The molecule has 0 saturated carbocycles. The van der Waals surface area contributed by atoms with Crippen LogP contribution in [-0.2, 0) is 16.0 Å². The lowest BCUT2D eigenvalue weighted by Crippen LogP contribution is -2.46. The first-order chi connectivity index (χ1) is 9.04. The van der Waals surface area contributed by atoms with Crippen LogP contribution in [0.25, 0.3) is 0 Å². The summed E-state index contributed by atoms with van der Waals surface area (Å²) in [5.41, 5.74) is 1.10. The highest BCUT2D eigenvalue weighted by molar-refractivity contribution is 5.74. The molecule has 0 bridgehead atoms. The van der Waals surface area contributed by atoms with E-state index >= 15 is 0 Å². The summed E-state index contributed by atoms with van der Waals surface area (Å²) in [7, 11) is 0. The molecule has 104 valence electrons. The van der Waals surface area contributed by atoms with Crippen LogP contribution in [0.15, 0.2) is 30.3 Å². The molecule has 19 heavy (non-hydrogen) atoms. The quantitative estimate of drug-likeness (QED) is 0.703. The van der Waals surface area contributed by atoms with E-state index in [2.05, 4.69) is 5.32 Å². The molecule has 0 saturated heterocycles. The zero-order valence-corrected chi connectivity index (χ0v) is 11.4. The second-order valence-corrected chi connectivity index (χ2v) is 4.99. The normalized spacial score (nSPS) is 14.1. The van der Waals surface area contributed by atoms with Crippen LogP contribution >= 0.6 is 0 Å². The molecule has 1 rings (SSSR count). The van der Waals surface area contributed by atoms with Gasteiger partial charge in [-0.25, -0.2) is 0 Å². The fourth-order valence-corrected chi connectivity index (χ4v) is 1.85. The minimum atomic E-state index is -0.913. The van der Waals surface area contributed by atoms with Gasteiger partial charge in [0.05, 0.1) is 6.04 Å². The number of aldehydes is 1. The smallest absolute Gasteiger partial charge is 0.320 e. The van der Waals surface area contributed by atoms with E-state index in [0.717, 1.165) is 11.8 Å². The predicted octanol–water partition coefficient (Wildman–Crippen LogP) is 1.89. The Hall–Kier alpha value is -1.68. The summed E-state index contributed by atoms with van der Waals surface area (Å²) in [6.45, 7) is 3.78. The summed E-state index contributed by atoms with van der Waals surface area (Å²) >= 11 is 0. The molecule has 0 spiro atoms. The summed E-state index contributed by atoms with van der Waals surface area (Å²) in [5.74, 6) is -0.834. The highest BCUT2D eigenvalue weighted by Crippen LogP contribution is 2.08. The van der Waals surface area contributed by atoms with Crippen molar-refractivity contribution in [1.29, 1.82) is 0 Å². The number of nitrogens with one attached hydrogen (secondary N) is 1. The first-order valence-corrected chi connectivity index (χ1v) is 6.52. The van der Waals surface area contributed by atoms with E-state index < -0.39 is 18.1 Å². The molecule has 1 aromatic carbocycles. The number of carbonyl (C=O) groups excluding carboxylic acids is 1. The molecule has 0 heterocycles. The molecule has 1 aromatic rings. The third-order valence-corrected chi connectivity index (χ3v) is 3.12. The highest BCUT2D eigenvalue weighted by Gasteiger charge is 2.22. The van der Waals surface area contributed by atoms with Gasteiger partial charge < -0.3 is 9.90 Å². The Morgan fingerprint density at radius 2 is 1.95 bits per heavy atom. The number of aliphatic carboxylic acids is 1. The maximum atomic E-state index is 11.2. The maximum absolute atomic E-state index is 11.2. The third-order valence-electron chi connectivity index (χ3n) is 3.12. The van der Waals surface area contributed by atoms with Crippen molar-refractivity contribution in [2.75, 3.05) is 0 Å². The first kappa shape index (κ1) is 15.4. The van der Waals surface area contributed by atoms with Gasteiger partial charge in [0.25, 0.3) is 0 Å². The fraction of sp³-hybridized carbons (Fsp3) is 0.467. The van der Waals surface area contributed by atoms with Gasteiger partial charge in [-0.15, -0.1) is 0 Å². The Morgan fingerprint density at radius 1 is 1.32 bits per heavy atom. The summed E-state index contributed by atoms with van der Waals surface area (Å²) < 4.78 is 0. The van der Waals surface area contributed by atoms with Crippen molar-refractivity contribution in [2.24, 2.45) is 5.92 Å². The number of aryl methyl sites for hydroxylation is 1. The molecule has 0 aliphatic heterocycles. The SMILES string of the molecule is CC(C)[C@@H](C=O)NC(CCc1ccccc1)C(=O)O. The van der Waals surface area contributed by atoms with Crippen LogP contribution in [0.2, 0.25) is 0 Å². The van der Waals surface area contributed by atoms with Crippen LogP contribution in [0.5, 0.6) is 0 Å². The molecule has 0 amide bonds. The van der Waals surface area contributed by atoms with Crippen molar-refractivity contribution >= 4 is 12.3 Å². The second-order valence-electron chi connectivity index (χ2n) is 4.99. The van der Waals surface area contributed by atoms with Crippen molar-refractivity contribution in [3.05, 3.63) is 35.9 Å². The molecule has 0 aliphatic carbocycles. The van der Waals surface area contributed by atoms with E-state index in [0.29, 0.717) is 12.8 Å². The molecule has 4 heteroatoms. The number of carboxylic acid groups (broad SMARTS) is 1. The van der Waals surface area contributed by atoms with E-state index in [9.17, 15) is 14.7 Å². The Balaban J connectivity index is 2.58. The lowest BCUT2D eigenvalue weighted by atomic mass is 10.0. The number of carboxylic acids is 1. The molecule has 2 atom stereocenters. The Morgan fingerprint density at radius 3 is 2.42 bits per heavy atom. The third kappa shape index (κ3) is 5.22. The Kier molecular flexibility index (Phi) is 6.22. The van der Waals surface area contributed by atoms with Crippen LogP contribution in [0.3, 0.4) is 0 Å². The Labute approximate surface area is 113 Å². The number of rotatable bonds is 8. The maximum Gasteiger partial charge on any atom is 0.320 e. The topological polar surface area (TPSA) is 66.4 Å². The molecule has 0 aromatic heterocycles. The molecule has 0 fully saturated rings. The zero-order chi connectivity index (χ0) is 14.3. The van der Waals surface area contributed by atoms with Crippen molar-refractivity contribution in [1.82, 2.24) is 5.32 Å². The molecular formula is C15H21NO3. The van der Waals surface area contributed by atoms with Gasteiger partial charge in [-0.3, -0.25) is 10.1 Å². The number of carbonyl (C=O) groups is 2. The van der Waals surface area contributed by atoms with Gasteiger partial charge in [0.1, 0.15) is 12.3 Å². The average Bonchev–Trinajstić information content (AvgIpc) is 2.39. The average molecular weight is 263 g/mol. The van der Waals surface area contributed by atoms with Crippen LogP contribution in [0, 0.1) is 5.92 Å². The summed E-state index contributed by atoms with van der Waals surface area (Å²) in [6.07, 6.45) is 1.92. The van der Waals surface area contributed by atoms with Crippen molar-refractivity contribution in [3.8, 4) is 0 Å². The minimum Gasteiger partial charge on any atom is -0.480 e. The monoisotopic (exact) mass is 263 g/mol. The first-order valence-electron chi connectivity index (χ1n) is 6.52. The van der Waals surface area contributed by atoms with Gasteiger partial charge in [-0.2, -0.15) is 0 Å². The molecule has 1 unspecified atom stereocenters. The summed E-state index contributed by atoms with van der Waals surface area (Å²) in [6, 6.07) is 8.62. The summed E-state index contributed by atoms with van der Waals surface area (Å²) in [4.78, 5) is 22.1. The van der Waals surface area contributed by atoms with Crippen molar-refractivity contribution < 1.29 is 14.7 Å². The van der Waals surface area contributed by atoms with E-state index in [1.165, 1.54) is 0 Å². The lowest BCUT2D eigenvalue weighted by Gasteiger charge is -2.21. The van der Waals surface area contributed by atoms with Gasteiger partial charge in [0.15, 0.2) is 0 Å². The largest absolute Gasteiger partial charge is 0.480 e. The fourth-order valence-electron chi connectivity index (χ4n) is 1.85. The lowest BCUT2D eigenvalue weighted by molar-refractivity contribution is -0.140. The minimum absolute atomic E-state index is 0.0797. The summed E-state index contributed by atoms with van der Waals surface area (Å²) in [5, 5.41) is 12.1. The van der Waals surface area contributed by atoms with Gasteiger partial charge in [-0.1, -0.05) is 44.2 Å². The van der Waals surface area contributed by atoms with E-state index in [1.807, 2.05) is 44.2 Å². The van der Waals surface area contributed by atoms with Crippen LogP contribution in [0.1, 0.15) is 25.8 Å². The van der Waals surface area contributed by atoms with Gasteiger partial charge >= 0.3 is 5.97 Å². The van der Waals surface area contributed by atoms with Crippen molar-refractivity contribution in [3.63, 3.8) is 0 Å². The Bertz CT molecular complexity index is 403. The van der Waals surface area contributed by atoms with E-state index in [1.54, 1.807) is 0 Å². The second kappa shape index (κ2) is 7.69. The number of hydrogen-bond donors (Lipinski definition) is 2. The molecule has 4 nitrogen and oxygen atoms in total. The highest BCUT2D eigenvalue weighted by atomic mass is 16.4. The standard InChI is InChI=1S/C15H21NO3/c1-11(2)14(10-17)16-13(15(18)19)9-8-12-6-4-3-5-7-12/h3-7,10-11,13-14,16H,8-9H2,1-2H3,(H,18,19)/t13?,14-/m1/s1. The van der Waals surface area contributed by atoms with Crippen molar-refractivity contribution in [2.45, 2.75) is 38.8 Å². The number of hydrogen-bond acceptors (Lipinski definition) is 3. The van der Waals surface area contributed by atoms with Crippen LogP contribution < -0.4 is 5.32 Å².